The number of sulfonamides is 1. The minimum Gasteiger partial charge on any atom is -0.495 e. The van der Waals surface area contributed by atoms with Gasteiger partial charge in [-0.3, -0.25) is 9.52 Å². The Morgan fingerprint density at radius 2 is 1.52 bits per heavy atom. The molecule has 0 radical (unpaired) electrons. The van der Waals surface area contributed by atoms with Crippen LogP contribution in [0.1, 0.15) is 28.9 Å². The van der Waals surface area contributed by atoms with Gasteiger partial charge in [-0.2, -0.15) is 0 Å². The fourth-order valence-corrected chi connectivity index (χ4v) is 4.16. The maximum Gasteiger partial charge on any atom is 0.265 e. The average molecular weight is 410 g/mol. The number of hydrogen-bond acceptors (Lipinski definition) is 4. The molecule has 1 atom stereocenters. The standard InChI is InChI=1S/C22H22N2O4S/c1-16(17-10-4-3-5-11-17)23-22(25)18-12-6-7-13-19(18)24-29(26,27)21-15-9-8-14-20(21)28-2/h3-16,24H,1-2H3,(H,23,25). The van der Waals surface area contributed by atoms with Crippen molar-refractivity contribution in [1.29, 1.82) is 0 Å². The molecule has 0 bridgehead atoms. The van der Waals surface area contributed by atoms with Crippen LogP contribution < -0.4 is 14.8 Å². The summed E-state index contributed by atoms with van der Waals surface area (Å²) in [6.45, 7) is 1.87. The van der Waals surface area contributed by atoms with E-state index in [2.05, 4.69) is 10.0 Å². The fraction of sp³-hybridized carbons (Fsp3) is 0.136. The predicted octanol–water partition coefficient (Wildman–Crippen LogP) is 3.99. The summed E-state index contributed by atoms with van der Waals surface area (Å²) < 4.78 is 33.4. The number of rotatable bonds is 7. The Morgan fingerprint density at radius 3 is 2.24 bits per heavy atom. The predicted molar refractivity (Wildman–Crippen MR) is 113 cm³/mol. The molecule has 0 spiro atoms. The number of hydrogen-bond donors (Lipinski definition) is 2. The van der Waals surface area contributed by atoms with Crippen molar-refractivity contribution in [1.82, 2.24) is 5.32 Å². The van der Waals surface area contributed by atoms with Crippen molar-refractivity contribution in [3.8, 4) is 5.75 Å². The summed E-state index contributed by atoms with van der Waals surface area (Å²) >= 11 is 0. The second kappa shape index (κ2) is 8.79. The number of ether oxygens (including phenoxy) is 1. The highest BCUT2D eigenvalue weighted by Crippen LogP contribution is 2.27. The molecule has 0 saturated heterocycles. The molecule has 3 rings (SSSR count). The third kappa shape index (κ3) is 4.75. The van der Waals surface area contributed by atoms with E-state index in [4.69, 9.17) is 4.74 Å². The van der Waals surface area contributed by atoms with Crippen molar-refractivity contribution in [2.24, 2.45) is 0 Å². The van der Waals surface area contributed by atoms with E-state index in [1.807, 2.05) is 37.3 Å². The van der Waals surface area contributed by atoms with Gasteiger partial charge in [0.1, 0.15) is 10.6 Å². The maximum atomic E-state index is 12.9. The Morgan fingerprint density at radius 1 is 0.897 bits per heavy atom. The first-order valence-electron chi connectivity index (χ1n) is 9.03. The Labute approximate surface area is 170 Å². The lowest BCUT2D eigenvalue weighted by atomic mass is 10.1. The molecule has 0 aromatic heterocycles. The largest absolute Gasteiger partial charge is 0.495 e. The molecule has 0 heterocycles. The first kappa shape index (κ1) is 20.4. The van der Waals surface area contributed by atoms with Crippen LogP contribution in [0.3, 0.4) is 0 Å². The third-order valence-corrected chi connectivity index (χ3v) is 5.83. The van der Waals surface area contributed by atoms with E-state index in [0.29, 0.717) is 0 Å². The lowest BCUT2D eigenvalue weighted by molar-refractivity contribution is 0.0941. The van der Waals surface area contributed by atoms with Gasteiger partial charge in [-0.25, -0.2) is 8.42 Å². The Hall–Kier alpha value is -3.32. The van der Waals surface area contributed by atoms with E-state index in [-0.39, 0.29) is 33.8 Å². The van der Waals surface area contributed by atoms with Crippen LogP contribution >= 0.6 is 0 Å². The van der Waals surface area contributed by atoms with Gasteiger partial charge < -0.3 is 10.1 Å². The summed E-state index contributed by atoms with van der Waals surface area (Å²) in [6, 6.07) is 22.1. The number of carbonyl (C=O) groups is 1. The van der Waals surface area contributed by atoms with Gasteiger partial charge in [0.15, 0.2) is 0 Å². The van der Waals surface area contributed by atoms with Gasteiger partial charge in [0.25, 0.3) is 15.9 Å². The van der Waals surface area contributed by atoms with Crippen molar-refractivity contribution in [2.45, 2.75) is 17.9 Å². The zero-order valence-corrected chi connectivity index (χ0v) is 16.9. The molecule has 0 aliphatic carbocycles. The van der Waals surface area contributed by atoms with Crippen molar-refractivity contribution in [3.63, 3.8) is 0 Å². The Balaban J connectivity index is 1.86. The van der Waals surface area contributed by atoms with Gasteiger partial charge in [-0.15, -0.1) is 0 Å². The second-order valence-electron chi connectivity index (χ2n) is 6.41. The average Bonchev–Trinajstić information content (AvgIpc) is 2.74. The lowest BCUT2D eigenvalue weighted by Crippen LogP contribution is -2.28. The molecule has 0 aliphatic rings. The SMILES string of the molecule is COc1ccccc1S(=O)(=O)Nc1ccccc1C(=O)NC(C)c1ccccc1. The van der Waals surface area contributed by atoms with Crippen LogP contribution in [0.15, 0.2) is 83.8 Å². The highest BCUT2D eigenvalue weighted by Gasteiger charge is 2.22. The molecule has 6 nitrogen and oxygen atoms in total. The quantitative estimate of drug-likeness (QED) is 0.617. The fourth-order valence-electron chi connectivity index (χ4n) is 2.91. The minimum absolute atomic E-state index is 0.00429. The van der Waals surface area contributed by atoms with Gasteiger partial charge in [0, 0.05) is 0 Å². The highest BCUT2D eigenvalue weighted by atomic mass is 32.2. The molecule has 0 saturated carbocycles. The summed E-state index contributed by atoms with van der Waals surface area (Å²) in [5, 5.41) is 2.90. The third-order valence-electron chi connectivity index (χ3n) is 4.42. The molecule has 3 aromatic rings. The van der Waals surface area contributed by atoms with Crippen molar-refractivity contribution in [2.75, 3.05) is 11.8 Å². The van der Waals surface area contributed by atoms with Gasteiger partial charge in [0.05, 0.1) is 24.4 Å². The number of para-hydroxylation sites is 2. The summed E-state index contributed by atoms with van der Waals surface area (Å²) in [4.78, 5) is 12.8. The van der Waals surface area contributed by atoms with Gasteiger partial charge in [0.2, 0.25) is 0 Å². The van der Waals surface area contributed by atoms with Gasteiger partial charge in [-0.05, 0) is 36.8 Å². The smallest absolute Gasteiger partial charge is 0.265 e. The topological polar surface area (TPSA) is 84.5 Å². The first-order chi connectivity index (χ1) is 13.9. The van der Waals surface area contributed by atoms with Gasteiger partial charge >= 0.3 is 0 Å². The zero-order valence-electron chi connectivity index (χ0n) is 16.1. The number of carbonyl (C=O) groups excluding carboxylic acids is 1. The number of nitrogens with one attached hydrogen (secondary N) is 2. The lowest BCUT2D eigenvalue weighted by Gasteiger charge is -2.17. The molecular weight excluding hydrogens is 388 g/mol. The Kier molecular flexibility index (Phi) is 6.19. The van der Waals surface area contributed by atoms with E-state index in [1.54, 1.807) is 42.5 Å². The molecule has 29 heavy (non-hydrogen) atoms. The summed E-state index contributed by atoms with van der Waals surface area (Å²) in [5.74, 6) is -0.153. The normalized spacial score (nSPS) is 12.1. The summed E-state index contributed by atoms with van der Waals surface area (Å²) in [5.41, 5.74) is 1.37. The van der Waals surface area contributed by atoms with E-state index >= 15 is 0 Å². The molecule has 2 N–H and O–H groups in total. The molecule has 1 amide bonds. The molecule has 0 aliphatic heterocycles. The Bertz CT molecular complexity index is 1100. The van der Waals surface area contributed by atoms with Crippen molar-refractivity contribution < 1.29 is 17.9 Å². The van der Waals surface area contributed by atoms with E-state index in [9.17, 15) is 13.2 Å². The number of methoxy groups -OCH3 is 1. The van der Waals surface area contributed by atoms with Crippen LogP contribution in [0.4, 0.5) is 5.69 Å². The highest BCUT2D eigenvalue weighted by molar-refractivity contribution is 7.92. The second-order valence-corrected chi connectivity index (χ2v) is 8.06. The van der Waals surface area contributed by atoms with Gasteiger partial charge in [-0.1, -0.05) is 54.6 Å². The minimum atomic E-state index is -3.95. The van der Waals surface area contributed by atoms with Crippen LogP contribution in [-0.2, 0) is 10.0 Å². The molecule has 150 valence electrons. The number of benzene rings is 3. The van der Waals surface area contributed by atoms with E-state index < -0.39 is 10.0 Å². The van der Waals surface area contributed by atoms with E-state index in [1.165, 1.54) is 13.2 Å². The van der Waals surface area contributed by atoms with Crippen LogP contribution in [0.25, 0.3) is 0 Å². The van der Waals surface area contributed by atoms with E-state index in [0.717, 1.165) is 5.56 Å². The maximum absolute atomic E-state index is 12.9. The monoisotopic (exact) mass is 410 g/mol. The molecular formula is C22H22N2O4S. The zero-order chi connectivity index (χ0) is 20.9. The van der Waals surface area contributed by atoms with Crippen LogP contribution in [0.5, 0.6) is 5.75 Å². The number of anilines is 1. The molecule has 1 unspecified atom stereocenters. The molecule has 7 heteroatoms. The first-order valence-corrected chi connectivity index (χ1v) is 10.5. The molecule has 3 aromatic carbocycles. The van der Waals surface area contributed by atoms with Crippen LogP contribution in [0, 0.1) is 0 Å². The number of amides is 1. The van der Waals surface area contributed by atoms with Crippen molar-refractivity contribution >= 4 is 21.6 Å². The van der Waals surface area contributed by atoms with Crippen LogP contribution in [0.2, 0.25) is 0 Å². The van der Waals surface area contributed by atoms with Crippen molar-refractivity contribution in [3.05, 3.63) is 90.0 Å². The summed E-state index contributed by atoms with van der Waals surface area (Å²) in [6.07, 6.45) is 0. The van der Waals surface area contributed by atoms with Crippen LogP contribution in [-0.4, -0.2) is 21.4 Å². The summed E-state index contributed by atoms with van der Waals surface area (Å²) in [7, 11) is -2.54. The molecule has 0 fully saturated rings.